The van der Waals surface area contributed by atoms with Crippen molar-refractivity contribution < 1.29 is 19.8 Å². The first-order valence-electron chi connectivity index (χ1n) is 7.67. The number of hydrogen-bond donors (Lipinski definition) is 2. The van der Waals surface area contributed by atoms with E-state index in [1.165, 1.54) is 4.90 Å². The van der Waals surface area contributed by atoms with Gasteiger partial charge in [-0.1, -0.05) is 17.7 Å². The van der Waals surface area contributed by atoms with E-state index < -0.39 is 18.1 Å². The van der Waals surface area contributed by atoms with Crippen molar-refractivity contribution in [1.82, 2.24) is 4.90 Å². The molecule has 2 aliphatic rings. The monoisotopic (exact) mass is 338 g/mol. The summed E-state index contributed by atoms with van der Waals surface area (Å²) in [5.41, 5.74) is 0.679. The predicted molar refractivity (Wildman–Crippen MR) is 85.1 cm³/mol. The van der Waals surface area contributed by atoms with Gasteiger partial charge >= 0.3 is 0 Å². The molecule has 0 radical (unpaired) electrons. The normalized spacial score (nSPS) is 27.8. The summed E-state index contributed by atoms with van der Waals surface area (Å²) in [6, 6.07) is 6.56. The lowest BCUT2D eigenvalue weighted by Gasteiger charge is -2.25. The number of carbonyl (C=O) groups excluding carboxylic acids is 2. The van der Waals surface area contributed by atoms with Crippen molar-refractivity contribution in [3.05, 3.63) is 29.3 Å². The molecule has 0 aromatic heterocycles. The number of benzene rings is 1. The number of amides is 2. The summed E-state index contributed by atoms with van der Waals surface area (Å²) in [6.07, 6.45) is 0.132. The maximum Gasteiger partial charge on any atom is 0.239 e. The van der Waals surface area contributed by atoms with E-state index in [0.29, 0.717) is 30.1 Å². The van der Waals surface area contributed by atoms with Crippen molar-refractivity contribution in [3.8, 4) is 0 Å². The molecule has 0 bridgehead atoms. The van der Waals surface area contributed by atoms with Gasteiger partial charge in [0.1, 0.15) is 5.92 Å². The molecule has 0 saturated carbocycles. The molecule has 6 nitrogen and oxygen atoms in total. The fourth-order valence-corrected chi connectivity index (χ4v) is 3.53. The molecule has 2 fully saturated rings. The number of carbonyl (C=O) groups is 2. The summed E-state index contributed by atoms with van der Waals surface area (Å²) < 4.78 is 0. The second-order valence-electron chi connectivity index (χ2n) is 6.03. The lowest BCUT2D eigenvalue weighted by molar-refractivity contribution is -0.141. The van der Waals surface area contributed by atoms with Crippen LogP contribution in [0.1, 0.15) is 12.8 Å². The molecular weight excluding hydrogens is 320 g/mol. The van der Waals surface area contributed by atoms with Gasteiger partial charge in [-0.05, 0) is 31.0 Å². The Morgan fingerprint density at radius 3 is 2.87 bits per heavy atom. The Kier molecular flexibility index (Phi) is 4.57. The third-order valence-electron chi connectivity index (χ3n) is 4.51. The number of β-amino-alcohol motifs (C(OH)–C–C–N with tert-alkyl or cyclic N) is 1. The van der Waals surface area contributed by atoms with Crippen LogP contribution in [0.5, 0.6) is 0 Å². The Balaban J connectivity index is 1.75. The number of halogens is 1. The standard InChI is InChI=1S/C16H19ClN2O4/c17-10-2-1-3-11(6-10)18-5-4-14(15(18)22)16(23)19-8-13(21)7-12(19)9-20/h1-3,6,12-14,20-21H,4-5,7-9H2/t12-,13-,14?/m0/s1. The molecule has 2 N–H and O–H groups in total. The Bertz CT molecular complexity index is 624. The lowest BCUT2D eigenvalue weighted by Crippen LogP contribution is -2.44. The van der Waals surface area contributed by atoms with Crippen LogP contribution >= 0.6 is 11.6 Å². The van der Waals surface area contributed by atoms with E-state index in [9.17, 15) is 19.8 Å². The molecule has 2 aliphatic heterocycles. The lowest BCUT2D eigenvalue weighted by atomic mass is 10.1. The average Bonchev–Trinajstić information content (AvgIpc) is 3.09. The molecule has 124 valence electrons. The number of hydrogen-bond acceptors (Lipinski definition) is 4. The van der Waals surface area contributed by atoms with Gasteiger partial charge in [-0.25, -0.2) is 0 Å². The third-order valence-corrected chi connectivity index (χ3v) is 4.74. The van der Waals surface area contributed by atoms with Crippen molar-refractivity contribution in [2.24, 2.45) is 5.92 Å². The van der Waals surface area contributed by atoms with Crippen molar-refractivity contribution in [2.75, 3.05) is 24.6 Å². The number of aliphatic hydroxyl groups excluding tert-OH is 2. The highest BCUT2D eigenvalue weighted by Crippen LogP contribution is 2.30. The third kappa shape index (κ3) is 3.06. The van der Waals surface area contributed by atoms with Gasteiger partial charge in [0.05, 0.1) is 18.8 Å². The van der Waals surface area contributed by atoms with Crippen LogP contribution < -0.4 is 4.90 Å². The second-order valence-corrected chi connectivity index (χ2v) is 6.46. The van der Waals surface area contributed by atoms with E-state index in [1.807, 2.05) is 0 Å². The molecule has 7 heteroatoms. The first-order valence-corrected chi connectivity index (χ1v) is 8.05. The molecule has 2 heterocycles. The van der Waals surface area contributed by atoms with Crippen LogP contribution in [0.4, 0.5) is 5.69 Å². The van der Waals surface area contributed by atoms with Gasteiger partial charge in [0.25, 0.3) is 0 Å². The molecule has 1 unspecified atom stereocenters. The molecule has 23 heavy (non-hydrogen) atoms. The molecule has 1 aromatic carbocycles. The zero-order valence-electron chi connectivity index (χ0n) is 12.6. The zero-order chi connectivity index (χ0) is 16.6. The largest absolute Gasteiger partial charge is 0.394 e. The Hall–Kier alpha value is -1.63. The van der Waals surface area contributed by atoms with Gasteiger partial charge in [-0.15, -0.1) is 0 Å². The molecule has 0 spiro atoms. The molecule has 2 amide bonds. The van der Waals surface area contributed by atoms with Gasteiger partial charge in [0.2, 0.25) is 11.8 Å². The van der Waals surface area contributed by atoms with Gasteiger partial charge in [0.15, 0.2) is 0 Å². The summed E-state index contributed by atoms with van der Waals surface area (Å²) in [6.45, 7) is 0.419. The number of rotatable bonds is 3. The maximum atomic E-state index is 12.6. The Morgan fingerprint density at radius 1 is 1.39 bits per heavy atom. The first kappa shape index (κ1) is 16.2. The van der Waals surface area contributed by atoms with Crippen LogP contribution in [-0.2, 0) is 9.59 Å². The fraction of sp³-hybridized carbons (Fsp3) is 0.500. The van der Waals surface area contributed by atoms with Gasteiger partial charge in [-0.3, -0.25) is 9.59 Å². The van der Waals surface area contributed by atoms with E-state index in [2.05, 4.69) is 0 Å². The van der Waals surface area contributed by atoms with Crippen LogP contribution in [0.15, 0.2) is 24.3 Å². The molecule has 1 aromatic rings. The maximum absolute atomic E-state index is 12.6. The van der Waals surface area contributed by atoms with E-state index in [0.717, 1.165) is 0 Å². The Morgan fingerprint density at radius 2 is 2.17 bits per heavy atom. The van der Waals surface area contributed by atoms with E-state index in [-0.39, 0.29) is 25.0 Å². The minimum atomic E-state index is -0.756. The smallest absolute Gasteiger partial charge is 0.239 e. The highest BCUT2D eigenvalue weighted by Gasteiger charge is 2.43. The summed E-state index contributed by atoms with van der Waals surface area (Å²) in [4.78, 5) is 28.3. The van der Waals surface area contributed by atoms with Gasteiger partial charge < -0.3 is 20.0 Å². The van der Waals surface area contributed by atoms with Crippen molar-refractivity contribution in [2.45, 2.75) is 25.0 Å². The van der Waals surface area contributed by atoms with Crippen LogP contribution in [0.25, 0.3) is 0 Å². The van der Waals surface area contributed by atoms with E-state index in [4.69, 9.17) is 11.6 Å². The molecule has 2 saturated heterocycles. The predicted octanol–water partition coefficient (Wildman–Crippen LogP) is 0.647. The molecule has 0 aliphatic carbocycles. The minimum absolute atomic E-state index is 0.172. The summed E-state index contributed by atoms with van der Waals surface area (Å²) in [5, 5.41) is 19.6. The minimum Gasteiger partial charge on any atom is -0.394 e. The quantitative estimate of drug-likeness (QED) is 0.793. The summed E-state index contributed by atoms with van der Waals surface area (Å²) in [7, 11) is 0. The van der Waals surface area contributed by atoms with Crippen molar-refractivity contribution >= 4 is 29.1 Å². The van der Waals surface area contributed by atoms with Crippen molar-refractivity contribution in [1.29, 1.82) is 0 Å². The fourth-order valence-electron chi connectivity index (χ4n) is 3.34. The average molecular weight is 339 g/mol. The number of nitrogens with zero attached hydrogens (tertiary/aromatic N) is 2. The Labute approximate surface area is 139 Å². The van der Waals surface area contributed by atoms with Crippen LogP contribution in [0.3, 0.4) is 0 Å². The van der Waals surface area contributed by atoms with Crippen LogP contribution in [-0.4, -0.2) is 58.8 Å². The van der Waals surface area contributed by atoms with Crippen LogP contribution in [0.2, 0.25) is 5.02 Å². The molecule has 3 rings (SSSR count). The number of aliphatic hydroxyl groups is 2. The highest BCUT2D eigenvalue weighted by atomic mass is 35.5. The van der Waals surface area contributed by atoms with E-state index >= 15 is 0 Å². The van der Waals surface area contributed by atoms with Crippen LogP contribution in [0, 0.1) is 5.92 Å². The highest BCUT2D eigenvalue weighted by molar-refractivity contribution is 6.31. The zero-order valence-corrected chi connectivity index (χ0v) is 13.3. The topological polar surface area (TPSA) is 81.1 Å². The molecule has 3 atom stereocenters. The second kappa shape index (κ2) is 6.47. The first-order chi connectivity index (χ1) is 11.0. The summed E-state index contributed by atoms with van der Waals surface area (Å²) in [5.74, 6) is -1.32. The number of anilines is 1. The van der Waals surface area contributed by atoms with E-state index in [1.54, 1.807) is 29.2 Å². The SMILES string of the molecule is O=C1C(C(=O)N2C[C@@H](O)C[C@H]2CO)CCN1c1cccc(Cl)c1. The summed E-state index contributed by atoms with van der Waals surface area (Å²) >= 11 is 5.96. The molecular formula is C16H19ClN2O4. The van der Waals surface area contributed by atoms with Gasteiger partial charge in [-0.2, -0.15) is 0 Å². The van der Waals surface area contributed by atoms with Crippen molar-refractivity contribution in [3.63, 3.8) is 0 Å². The van der Waals surface area contributed by atoms with Gasteiger partial charge in [0, 0.05) is 23.8 Å². The number of likely N-dealkylation sites (tertiary alicyclic amines) is 1.